The van der Waals surface area contributed by atoms with Crippen LogP contribution in [0.3, 0.4) is 0 Å². The van der Waals surface area contributed by atoms with Crippen LogP contribution in [0.5, 0.6) is 0 Å². The Morgan fingerprint density at radius 2 is 1.65 bits per heavy atom. The van der Waals surface area contributed by atoms with Crippen molar-refractivity contribution in [3.63, 3.8) is 0 Å². The molecule has 7 atom stereocenters. The molecule has 0 N–H and O–H groups in total. The van der Waals surface area contributed by atoms with Crippen LogP contribution in [0.2, 0.25) is 0 Å². The van der Waals surface area contributed by atoms with E-state index in [0.717, 1.165) is 50.5 Å². The summed E-state index contributed by atoms with van der Waals surface area (Å²) in [6, 6.07) is 2.17. The Morgan fingerprint density at radius 3 is 2.27 bits per heavy atom. The Morgan fingerprint density at radius 1 is 1.00 bits per heavy atom. The Labute approximate surface area is 222 Å². The van der Waals surface area contributed by atoms with E-state index in [2.05, 4.69) is 40.7 Å². The van der Waals surface area contributed by atoms with Gasteiger partial charge in [0.1, 0.15) is 6.07 Å². The molecular formula is C32H43NO4. The van der Waals surface area contributed by atoms with Gasteiger partial charge in [-0.1, -0.05) is 60.1 Å². The molecule has 0 aromatic heterocycles. The zero-order valence-corrected chi connectivity index (χ0v) is 23.9. The average molecular weight is 506 g/mol. The van der Waals surface area contributed by atoms with Crippen LogP contribution in [-0.2, 0) is 19.1 Å². The number of methoxy groups -OCH3 is 1. The standard InChI is InChI=1S/C32H43NO4/c1-27(2)11-13-32(26(36)37-8)14-12-31(7)24(20(32)17-27)21(34)15-23-29(5)16-19(18-33)25(35)28(3,4)22(29)9-10-30(23,31)6/h15-16,20,22,24H,9-14,17H2,1-8H3/t20-,22?,24?,29-,30?,31+,32?/m0/s1. The van der Waals surface area contributed by atoms with E-state index < -0.39 is 16.2 Å². The van der Waals surface area contributed by atoms with Crippen LogP contribution in [0.1, 0.15) is 93.4 Å². The van der Waals surface area contributed by atoms with Crippen molar-refractivity contribution in [2.45, 2.75) is 93.4 Å². The van der Waals surface area contributed by atoms with E-state index in [0.29, 0.717) is 0 Å². The highest BCUT2D eigenvalue weighted by atomic mass is 16.5. The predicted molar refractivity (Wildman–Crippen MR) is 141 cm³/mol. The van der Waals surface area contributed by atoms with Gasteiger partial charge in [-0.25, -0.2) is 0 Å². The molecule has 5 aliphatic carbocycles. The van der Waals surface area contributed by atoms with Gasteiger partial charge >= 0.3 is 5.97 Å². The van der Waals surface area contributed by atoms with E-state index in [1.165, 1.54) is 7.11 Å². The topological polar surface area (TPSA) is 84.2 Å². The average Bonchev–Trinajstić information content (AvgIpc) is 2.82. The summed E-state index contributed by atoms with van der Waals surface area (Å²) in [6.07, 6.45) is 9.65. The molecule has 3 fully saturated rings. The van der Waals surface area contributed by atoms with E-state index in [-0.39, 0.29) is 57.1 Å². The summed E-state index contributed by atoms with van der Waals surface area (Å²) < 4.78 is 5.41. The minimum absolute atomic E-state index is 0.0308. The summed E-state index contributed by atoms with van der Waals surface area (Å²) in [5, 5.41) is 9.86. The number of ether oxygens (including phenoxy) is 1. The third-order valence-electron chi connectivity index (χ3n) is 12.5. The summed E-state index contributed by atoms with van der Waals surface area (Å²) >= 11 is 0. The normalized spacial score (nSPS) is 45.6. The zero-order valence-electron chi connectivity index (χ0n) is 23.9. The molecule has 0 saturated heterocycles. The molecule has 3 saturated carbocycles. The van der Waals surface area contributed by atoms with Crippen molar-refractivity contribution in [2.24, 2.45) is 50.2 Å². The molecule has 37 heavy (non-hydrogen) atoms. The Hall–Kier alpha value is -2.22. The van der Waals surface area contributed by atoms with Crippen molar-refractivity contribution in [3.05, 3.63) is 23.3 Å². The number of allylic oxidation sites excluding steroid dienone is 4. The number of Topliss-reactive ketones (excluding diaryl/α,β-unsaturated/α-hetero) is 1. The van der Waals surface area contributed by atoms with Gasteiger partial charge in [0.15, 0.2) is 11.6 Å². The third kappa shape index (κ3) is 3.11. The van der Waals surface area contributed by atoms with Crippen molar-refractivity contribution in [1.82, 2.24) is 0 Å². The monoisotopic (exact) mass is 505 g/mol. The third-order valence-corrected chi connectivity index (χ3v) is 12.5. The molecular weight excluding hydrogens is 462 g/mol. The Bertz CT molecular complexity index is 1200. The first-order valence-corrected chi connectivity index (χ1v) is 14.1. The second-order valence-corrected chi connectivity index (χ2v) is 14.9. The van der Waals surface area contributed by atoms with Crippen LogP contribution in [-0.4, -0.2) is 24.6 Å². The van der Waals surface area contributed by atoms with Crippen LogP contribution in [0, 0.1) is 61.6 Å². The highest BCUT2D eigenvalue weighted by Crippen LogP contribution is 2.74. The molecule has 0 aliphatic heterocycles. The summed E-state index contributed by atoms with van der Waals surface area (Å²) in [7, 11) is 1.48. The maximum atomic E-state index is 14.4. The highest BCUT2D eigenvalue weighted by Gasteiger charge is 2.71. The molecule has 5 aliphatic rings. The Kier molecular flexibility index (Phi) is 5.47. The molecule has 200 valence electrons. The van der Waals surface area contributed by atoms with Gasteiger partial charge in [-0.15, -0.1) is 0 Å². The summed E-state index contributed by atoms with van der Waals surface area (Å²) in [5.74, 6) is -0.376. The smallest absolute Gasteiger partial charge is 0.312 e. The molecule has 5 nitrogen and oxygen atoms in total. The van der Waals surface area contributed by atoms with Crippen LogP contribution in [0.25, 0.3) is 0 Å². The quantitative estimate of drug-likeness (QED) is 0.386. The molecule has 0 bridgehead atoms. The maximum absolute atomic E-state index is 14.4. The lowest BCUT2D eigenvalue weighted by Crippen LogP contribution is -2.65. The fourth-order valence-corrected chi connectivity index (χ4v) is 10.2. The van der Waals surface area contributed by atoms with Crippen LogP contribution in [0.15, 0.2) is 23.3 Å². The molecule has 0 aromatic carbocycles. The van der Waals surface area contributed by atoms with Gasteiger partial charge in [0.2, 0.25) is 0 Å². The van der Waals surface area contributed by atoms with E-state index >= 15 is 0 Å². The van der Waals surface area contributed by atoms with E-state index in [1.54, 1.807) is 0 Å². The highest BCUT2D eigenvalue weighted by molar-refractivity contribution is 6.04. The lowest BCUT2D eigenvalue weighted by atomic mass is 9.34. The predicted octanol–water partition coefficient (Wildman–Crippen LogP) is 6.38. The number of nitriles is 1. The molecule has 5 heteroatoms. The molecule has 0 spiro atoms. The van der Waals surface area contributed by atoms with Crippen molar-refractivity contribution < 1.29 is 19.1 Å². The first-order chi connectivity index (χ1) is 17.0. The van der Waals surface area contributed by atoms with E-state index in [1.807, 2.05) is 26.0 Å². The van der Waals surface area contributed by atoms with Gasteiger partial charge in [0, 0.05) is 16.7 Å². The molecule has 0 aromatic rings. The molecule has 0 radical (unpaired) electrons. The van der Waals surface area contributed by atoms with Crippen LogP contribution in [0.4, 0.5) is 0 Å². The van der Waals surface area contributed by atoms with Crippen molar-refractivity contribution in [2.75, 3.05) is 7.11 Å². The molecule has 0 heterocycles. The number of hydrogen-bond donors (Lipinski definition) is 0. The van der Waals surface area contributed by atoms with Crippen molar-refractivity contribution >= 4 is 17.5 Å². The van der Waals surface area contributed by atoms with Gasteiger partial charge in [-0.3, -0.25) is 14.4 Å². The number of rotatable bonds is 1. The summed E-state index contributed by atoms with van der Waals surface area (Å²) in [6.45, 7) is 15.2. The molecule has 0 amide bonds. The lowest BCUT2D eigenvalue weighted by Gasteiger charge is -2.68. The summed E-state index contributed by atoms with van der Waals surface area (Å²) in [5.41, 5.74) is -1.02. The second-order valence-electron chi connectivity index (χ2n) is 14.9. The fraction of sp³-hybridized carbons (Fsp3) is 0.750. The lowest BCUT2D eigenvalue weighted by molar-refractivity contribution is -0.191. The van der Waals surface area contributed by atoms with Crippen molar-refractivity contribution in [3.8, 4) is 6.07 Å². The fourth-order valence-electron chi connectivity index (χ4n) is 10.2. The van der Waals surface area contributed by atoms with Crippen molar-refractivity contribution in [1.29, 1.82) is 5.26 Å². The number of nitrogens with zero attached hydrogens (tertiary/aromatic N) is 1. The first-order valence-electron chi connectivity index (χ1n) is 14.1. The van der Waals surface area contributed by atoms with Gasteiger partial charge in [0.05, 0.1) is 18.1 Å². The van der Waals surface area contributed by atoms with E-state index in [9.17, 15) is 19.6 Å². The Balaban J connectivity index is 1.71. The minimum Gasteiger partial charge on any atom is -0.469 e. The number of fused-ring (bicyclic) bond motifs is 7. The SMILES string of the molecule is COC(=O)C12CCC(C)(C)C[C@H]1C1C(=O)C=C3C(C)(CCC4C(C)(C)C(=O)C(C#N)=C[C@]34C)[C@]1(C)CC2. The van der Waals surface area contributed by atoms with Gasteiger partial charge in [-0.05, 0) is 79.1 Å². The van der Waals surface area contributed by atoms with Gasteiger partial charge in [-0.2, -0.15) is 5.26 Å². The second kappa shape index (κ2) is 7.67. The number of ketones is 2. The summed E-state index contributed by atoms with van der Waals surface area (Å²) in [4.78, 5) is 40.9. The van der Waals surface area contributed by atoms with Crippen LogP contribution >= 0.6 is 0 Å². The first kappa shape index (κ1) is 26.4. The molecule has 4 unspecified atom stereocenters. The number of carbonyl (C=O) groups is 3. The number of esters is 1. The number of hydrogen-bond acceptors (Lipinski definition) is 5. The zero-order chi connectivity index (χ0) is 27.4. The largest absolute Gasteiger partial charge is 0.469 e. The van der Waals surface area contributed by atoms with Crippen LogP contribution < -0.4 is 0 Å². The van der Waals surface area contributed by atoms with Gasteiger partial charge in [0.25, 0.3) is 0 Å². The minimum atomic E-state index is -0.669. The maximum Gasteiger partial charge on any atom is 0.312 e. The molecule has 5 rings (SSSR count). The van der Waals surface area contributed by atoms with Gasteiger partial charge < -0.3 is 4.74 Å². The van der Waals surface area contributed by atoms with E-state index in [4.69, 9.17) is 4.74 Å². The number of carbonyl (C=O) groups excluding carboxylic acids is 3.